The Hall–Kier alpha value is -1.85. The molecular formula is C15H21N3O2. The molecule has 3 N–H and O–H groups in total. The monoisotopic (exact) mass is 275 g/mol. The summed E-state index contributed by atoms with van der Waals surface area (Å²) < 4.78 is 1.90. The minimum Gasteiger partial charge on any atom is -0.392 e. The zero-order valence-corrected chi connectivity index (χ0v) is 11.7. The molecule has 0 saturated heterocycles. The largest absolute Gasteiger partial charge is 0.392 e. The first-order chi connectivity index (χ1) is 9.71. The number of aliphatic hydroxyl groups excluding tert-OH is 2. The molecule has 0 amide bonds. The number of aryl methyl sites for hydroxylation is 1. The van der Waals surface area contributed by atoms with E-state index in [9.17, 15) is 10.2 Å². The van der Waals surface area contributed by atoms with Gasteiger partial charge in [-0.15, -0.1) is 0 Å². The minimum atomic E-state index is -0.0236. The molecule has 0 fully saturated rings. The number of aliphatic hydroxyl groups is 2. The van der Waals surface area contributed by atoms with Crippen molar-refractivity contribution in [2.45, 2.75) is 39.1 Å². The fraction of sp³-hybridized carbons (Fsp3) is 0.400. The van der Waals surface area contributed by atoms with E-state index in [4.69, 9.17) is 0 Å². The molecule has 0 aliphatic rings. The van der Waals surface area contributed by atoms with Gasteiger partial charge in [0, 0.05) is 30.7 Å². The number of aromatic nitrogens is 2. The van der Waals surface area contributed by atoms with Crippen LogP contribution in [0.15, 0.2) is 36.7 Å². The molecule has 0 aliphatic heterocycles. The van der Waals surface area contributed by atoms with E-state index in [-0.39, 0.29) is 19.3 Å². The van der Waals surface area contributed by atoms with Crippen LogP contribution in [0.25, 0.3) is 0 Å². The fourth-order valence-electron chi connectivity index (χ4n) is 2.14. The number of hydrogen-bond donors (Lipinski definition) is 3. The molecule has 0 radical (unpaired) electrons. The van der Waals surface area contributed by atoms with Crippen LogP contribution in [0.1, 0.15) is 24.5 Å². The highest BCUT2D eigenvalue weighted by molar-refractivity contribution is 5.49. The van der Waals surface area contributed by atoms with Gasteiger partial charge < -0.3 is 15.5 Å². The number of anilines is 1. The van der Waals surface area contributed by atoms with Gasteiger partial charge in [0.2, 0.25) is 0 Å². The highest BCUT2D eigenvalue weighted by atomic mass is 16.3. The van der Waals surface area contributed by atoms with Crippen LogP contribution in [-0.2, 0) is 19.8 Å². The smallest absolute Gasteiger partial charge is 0.0682 e. The van der Waals surface area contributed by atoms with Crippen LogP contribution in [0, 0.1) is 0 Å². The maximum atomic E-state index is 9.22. The Morgan fingerprint density at radius 1 is 1.20 bits per heavy atom. The quantitative estimate of drug-likeness (QED) is 0.720. The van der Waals surface area contributed by atoms with Crippen molar-refractivity contribution in [2.75, 3.05) is 5.32 Å². The standard InChI is InChI=1S/C15H21N3O2/c1-12(3-6-18-5-2-4-16-18)17-15-8-13(10-19)7-14(9-15)11-20/h2,4-5,7-9,12,17,19-20H,3,6,10-11H2,1H3. The van der Waals surface area contributed by atoms with Crippen LogP contribution in [0.2, 0.25) is 0 Å². The Morgan fingerprint density at radius 3 is 2.45 bits per heavy atom. The second kappa shape index (κ2) is 7.07. The van der Waals surface area contributed by atoms with Gasteiger partial charge in [-0.2, -0.15) is 5.10 Å². The van der Waals surface area contributed by atoms with E-state index in [2.05, 4.69) is 17.3 Å². The maximum absolute atomic E-state index is 9.22. The molecular weight excluding hydrogens is 254 g/mol. The lowest BCUT2D eigenvalue weighted by molar-refractivity contribution is 0.275. The topological polar surface area (TPSA) is 70.3 Å². The normalized spacial score (nSPS) is 12.3. The van der Waals surface area contributed by atoms with Crippen LogP contribution >= 0.6 is 0 Å². The predicted octanol–water partition coefficient (Wildman–Crippen LogP) is 1.76. The highest BCUT2D eigenvalue weighted by Crippen LogP contribution is 2.17. The van der Waals surface area contributed by atoms with E-state index in [1.165, 1.54) is 0 Å². The Labute approximate surface area is 118 Å². The molecule has 0 saturated carbocycles. The molecule has 1 unspecified atom stereocenters. The van der Waals surface area contributed by atoms with Gasteiger partial charge >= 0.3 is 0 Å². The molecule has 108 valence electrons. The minimum absolute atomic E-state index is 0.0236. The summed E-state index contributed by atoms with van der Waals surface area (Å²) in [5.74, 6) is 0. The Morgan fingerprint density at radius 2 is 1.90 bits per heavy atom. The first kappa shape index (κ1) is 14.6. The summed E-state index contributed by atoms with van der Waals surface area (Å²) in [6.07, 6.45) is 4.67. The summed E-state index contributed by atoms with van der Waals surface area (Å²) in [5, 5.41) is 26.0. The van der Waals surface area contributed by atoms with E-state index in [0.29, 0.717) is 0 Å². The SMILES string of the molecule is CC(CCn1cccn1)Nc1cc(CO)cc(CO)c1. The second-order valence-corrected chi connectivity index (χ2v) is 4.96. The molecule has 20 heavy (non-hydrogen) atoms. The fourth-order valence-corrected chi connectivity index (χ4v) is 2.14. The number of rotatable bonds is 7. The molecule has 1 aromatic heterocycles. The van der Waals surface area contributed by atoms with Crippen molar-refractivity contribution >= 4 is 5.69 Å². The highest BCUT2D eigenvalue weighted by Gasteiger charge is 2.05. The molecule has 0 aliphatic carbocycles. The van der Waals surface area contributed by atoms with Crippen LogP contribution in [0.5, 0.6) is 0 Å². The Balaban J connectivity index is 1.94. The average Bonchev–Trinajstić information content (AvgIpc) is 2.98. The van der Waals surface area contributed by atoms with E-state index in [0.717, 1.165) is 29.8 Å². The molecule has 2 aromatic rings. The molecule has 0 spiro atoms. The molecule has 5 nitrogen and oxygen atoms in total. The molecule has 1 atom stereocenters. The number of hydrogen-bond acceptors (Lipinski definition) is 4. The third-order valence-corrected chi connectivity index (χ3v) is 3.18. The zero-order valence-electron chi connectivity index (χ0n) is 11.7. The van der Waals surface area contributed by atoms with Crippen molar-refractivity contribution in [3.8, 4) is 0 Å². The summed E-state index contributed by atoms with van der Waals surface area (Å²) in [7, 11) is 0. The third-order valence-electron chi connectivity index (χ3n) is 3.18. The van der Waals surface area contributed by atoms with Gasteiger partial charge in [0.05, 0.1) is 13.2 Å². The van der Waals surface area contributed by atoms with E-state index < -0.39 is 0 Å². The second-order valence-electron chi connectivity index (χ2n) is 4.96. The molecule has 1 aromatic carbocycles. The number of benzene rings is 1. The molecule has 1 heterocycles. The summed E-state index contributed by atoms with van der Waals surface area (Å²) in [6, 6.07) is 7.81. The van der Waals surface area contributed by atoms with Crippen LogP contribution in [-0.4, -0.2) is 26.0 Å². The molecule has 0 bridgehead atoms. The maximum Gasteiger partial charge on any atom is 0.0682 e. The van der Waals surface area contributed by atoms with Gasteiger partial charge in [0.1, 0.15) is 0 Å². The van der Waals surface area contributed by atoms with Gasteiger partial charge in [-0.1, -0.05) is 6.07 Å². The van der Waals surface area contributed by atoms with E-state index >= 15 is 0 Å². The lowest BCUT2D eigenvalue weighted by atomic mass is 10.1. The van der Waals surface area contributed by atoms with E-state index in [1.807, 2.05) is 29.1 Å². The summed E-state index contributed by atoms with van der Waals surface area (Å²) in [6.45, 7) is 2.91. The lowest BCUT2D eigenvalue weighted by Gasteiger charge is -2.17. The van der Waals surface area contributed by atoms with Crippen molar-refractivity contribution in [3.63, 3.8) is 0 Å². The van der Waals surface area contributed by atoms with Crippen molar-refractivity contribution in [1.29, 1.82) is 0 Å². The average molecular weight is 275 g/mol. The Bertz CT molecular complexity index is 504. The summed E-state index contributed by atoms with van der Waals surface area (Å²) in [5.41, 5.74) is 2.53. The summed E-state index contributed by atoms with van der Waals surface area (Å²) >= 11 is 0. The number of nitrogens with one attached hydrogen (secondary N) is 1. The van der Waals surface area contributed by atoms with Crippen molar-refractivity contribution in [2.24, 2.45) is 0 Å². The van der Waals surface area contributed by atoms with Crippen molar-refractivity contribution in [1.82, 2.24) is 9.78 Å². The zero-order chi connectivity index (χ0) is 14.4. The van der Waals surface area contributed by atoms with Crippen LogP contribution in [0.4, 0.5) is 5.69 Å². The lowest BCUT2D eigenvalue weighted by Crippen LogP contribution is -2.18. The predicted molar refractivity (Wildman–Crippen MR) is 78.2 cm³/mol. The van der Waals surface area contributed by atoms with Gasteiger partial charge in [-0.05, 0) is 42.7 Å². The molecule has 2 rings (SSSR count). The number of nitrogens with zero attached hydrogens (tertiary/aromatic N) is 2. The Kier molecular flexibility index (Phi) is 5.15. The van der Waals surface area contributed by atoms with Gasteiger partial charge in [-0.25, -0.2) is 0 Å². The van der Waals surface area contributed by atoms with Gasteiger partial charge in [0.25, 0.3) is 0 Å². The summed E-state index contributed by atoms with van der Waals surface area (Å²) in [4.78, 5) is 0. The van der Waals surface area contributed by atoms with Gasteiger partial charge in [0.15, 0.2) is 0 Å². The first-order valence-corrected chi connectivity index (χ1v) is 6.80. The van der Waals surface area contributed by atoms with Gasteiger partial charge in [-0.3, -0.25) is 4.68 Å². The molecule has 5 heteroatoms. The van der Waals surface area contributed by atoms with Crippen molar-refractivity contribution in [3.05, 3.63) is 47.8 Å². The third kappa shape index (κ3) is 4.08. The van der Waals surface area contributed by atoms with E-state index in [1.54, 1.807) is 12.3 Å². The first-order valence-electron chi connectivity index (χ1n) is 6.80. The van der Waals surface area contributed by atoms with Crippen molar-refractivity contribution < 1.29 is 10.2 Å². The van der Waals surface area contributed by atoms with Crippen LogP contribution < -0.4 is 5.32 Å². The van der Waals surface area contributed by atoms with Crippen LogP contribution in [0.3, 0.4) is 0 Å².